The summed E-state index contributed by atoms with van der Waals surface area (Å²) in [4.78, 5) is 19.5. The van der Waals surface area contributed by atoms with Gasteiger partial charge in [0.25, 0.3) is 0 Å². The van der Waals surface area contributed by atoms with Gasteiger partial charge in [0, 0.05) is 20.4 Å². The number of pyridine rings is 1. The SMILES string of the molecule is COCC(Cn1c(SCC(=O)O)nc2cccnc21)OC. The summed E-state index contributed by atoms with van der Waals surface area (Å²) >= 11 is 1.17. The molecular formula is C13H17N3O4S. The molecule has 1 atom stereocenters. The zero-order chi connectivity index (χ0) is 15.2. The van der Waals surface area contributed by atoms with Crippen LogP contribution >= 0.6 is 11.8 Å². The van der Waals surface area contributed by atoms with Crippen LogP contribution in [0.3, 0.4) is 0 Å². The molecule has 2 aromatic heterocycles. The minimum absolute atomic E-state index is 0.0503. The normalized spacial score (nSPS) is 12.7. The lowest BCUT2D eigenvalue weighted by atomic mass is 10.3. The Balaban J connectivity index is 2.32. The molecule has 0 radical (unpaired) electrons. The molecule has 0 spiro atoms. The summed E-state index contributed by atoms with van der Waals surface area (Å²) in [5.74, 6) is -0.933. The van der Waals surface area contributed by atoms with Crippen molar-refractivity contribution in [2.75, 3.05) is 26.6 Å². The van der Waals surface area contributed by atoms with Gasteiger partial charge in [-0.1, -0.05) is 11.8 Å². The van der Waals surface area contributed by atoms with E-state index in [-0.39, 0.29) is 11.9 Å². The molecule has 0 aliphatic rings. The van der Waals surface area contributed by atoms with Gasteiger partial charge in [-0.25, -0.2) is 9.97 Å². The molecule has 1 N–H and O–H groups in total. The van der Waals surface area contributed by atoms with Crippen LogP contribution in [-0.4, -0.2) is 58.3 Å². The fourth-order valence-corrected chi connectivity index (χ4v) is 2.66. The maximum atomic E-state index is 10.8. The number of carbonyl (C=O) groups is 1. The van der Waals surface area contributed by atoms with Crippen molar-refractivity contribution in [3.05, 3.63) is 18.3 Å². The second-order valence-electron chi connectivity index (χ2n) is 4.35. The molecule has 0 saturated heterocycles. The number of fused-ring (bicyclic) bond motifs is 1. The van der Waals surface area contributed by atoms with Gasteiger partial charge in [-0.15, -0.1) is 0 Å². The van der Waals surface area contributed by atoms with E-state index in [1.807, 2.05) is 10.6 Å². The Kier molecular flexibility index (Phi) is 5.54. The second kappa shape index (κ2) is 7.39. The number of imidazole rings is 1. The van der Waals surface area contributed by atoms with Crippen molar-refractivity contribution in [1.82, 2.24) is 14.5 Å². The summed E-state index contributed by atoms with van der Waals surface area (Å²) < 4.78 is 12.4. The fraction of sp³-hybridized carbons (Fsp3) is 0.462. The number of hydrogen-bond acceptors (Lipinski definition) is 6. The number of ether oxygens (including phenoxy) is 2. The first-order chi connectivity index (χ1) is 10.2. The van der Waals surface area contributed by atoms with Crippen LogP contribution in [-0.2, 0) is 20.8 Å². The first-order valence-electron chi connectivity index (χ1n) is 6.33. The smallest absolute Gasteiger partial charge is 0.313 e. The minimum atomic E-state index is -0.883. The lowest BCUT2D eigenvalue weighted by molar-refractivity contribution is -0.133. The highest BCUT2D eigenvalue weighted by atomic mass is 32.2. The number of hydrogen-bond donors (Lipinski definition) is 1. The van der Waals surface area contributed by atoms with E-state index in [1.54, 1.807) is 26.5 Å². The molecule has 2 rings (SSSR count). The molecule has 7 nitrogen and oxygen atoms in total. The van der Waals surface area contributed by atoms with Crippen LogP contribution in [0.4, 0.5) is 0 Å². The zero-order valence-electron chi connectivity index (χ0n) is 11.9. The van der Waals surface area contributed by atoms with Crippen LogP contribution in [0.2, 0.25) is 0 Å². The van der Waals surface area contributed by atoms with Crippen LogP contribution in [0.5, 0.6) is 0 Å². The van der Waals surface area contributed by atoms with Gasteiger partial charge < -0.3 is 19.1 Å². The number of aliphatic carboxylic acids is 1. The highest BCUT2D eigenvalue weighted by molar-refractivity contribution is 7.99. The molecule has 2 heterocycles. The lowest BCUT2D eigenvalue weighted by Gasteiger charge is -2.16. The molecule has 1 unspecified atom stereocenters. The average Bonchev–Trinajstić information content (AvgIpc) is 2.82. The van der Waals surface area contributed by atoms with Crippen molar-refractivity contribution >= 4 is 28.9 Å². The van der Waals surface area contributed by atoms with Gasteiger partial charge in [-0.05, 0) is 12.1 Å². The Morgan fingerprint density at radius 2 is 2.33 bits per heavy atom. The molecule has 0 aromatic carbocycles. The van der Waals surface area contributed by atoms with Crippen molar-refractivity contribution in [2.45, 2.75) is 17.8 Å². The highest BCUT2D eigenvalue weighted by Crippen LogP contribution is 2.23. The van der Waals surface area contributed by atoms with Gasteiger partial charge in [0.05, 0.1) is 25.0 Å². The molecule has 0 fully saturated rings. The summed E-state index contributed by atoms with van der Waals surface area (Å²) in [6, 6.07) is 3.65. The van der Waals surface area contributed by atoms with Crippen LogP contribution in [0.15, 0.2) is 23.5 Å². The van der Waals surface area contributed by atoms with E-state index in [0.29, 0.717) is 24.0 Å². The number of thioether (sulfide) groups is 1. The van der Waals surface area contributed by atoms with E-state index in [0.717, 1.165) is 5.52 Å². The van der Waals surface area contributed by atoms with E-state index < -0.39 is 5.97 Å². The lowest BCUT2D eigenvalue weighted by Crippen LogP contribution is -2.24. The molecule has 8 heteroatoms. The van der Waals surface area contributed by atoms with Crippen molar-refractivity contribution in [2.24, 2.45) is 0 Å². The molecule has 2 aromatic rings. The van der Waals surface area contributed by atoms with Gasteiger partial charge in [0.1, 0.15) is 5.52 Å². The summed E-state index contributed by atoms with van der Waals surface area (Å²) in [5.41, 5.74) is 1.45. The summed E-state index contributed by atoms with van der Waals surface area (Å²) in [6.07, 6.45) is 1.53. The molecule has 0 bridgehead atoms. The predicted molar refractivity (Wildman–Crippen MR) is 78.6 cm³/mol. The molecule has 0 amide bonds. The minimum Gasteiger partial charge on any atom is -0.481 e. The number of carboxylic acids is 1. The maximum absolute atomic E-state index is 10.8. The Labute approximate surface area is 126 Å². The van der Waals surface area contributed by atoms with E-state index in [4.69, 9.17) is 14.6 Å². The standard InChI is InChI=1S/C13H17N3O4S/c1-19-7-9(20-2)6-16-12-10(4-3-5-14-12)15-13(16)21-8-11(17)18/h3-5,9H,6-8H2,1-2H3,(H,17,18). The van der Waals surface area contributed by atoms with Crippen LogP contribution < -0.4 is 0 Å². The summed E-state index contributed by atoms with van der Waals surface area (Å²) in [7, 11) is 3.22. The van der Waals surface area contributed by atoms with Gasteiger partial charge in [-0.3, -0.25) is 4.79 Å². The van der Waals surface area contributed by atoms with E-state index >= 15 is 0 Å². The Hall–Kier alpha value is -1.64. The third kappa shape index (κ3) is 3.93. The predicted octanol–water partition coefficient (Wildman–Crippen LogP) is 1.27. The van der Waals surface area contributed by atoms with Crippen molar-refractivity contribution in [1.29, 1.82) is 0 Å². The first kappa shape index (κ1) is 15.7. The molecular weight excluding hydrogens is 294 g/mol. The third-order valence-electron chi connectivity index (χ3n) is 2.87. The molecule has 0 saturated carbocycles. The monoisotopic (exact) mass is 311 g/mol. The summed E-state index contributed by atoms with van der Waals surface area (Å²) in [5, 5.41) is 9.45. The molecule has 21 heavy (non-hydrogen) atoms. The first-order valence-corrected chi connectivity index (χ1v) is 7.31. The number of nitrogens with zero attached hydrogens (tertiary/aromatic N) is 3. The van der Waals surface area contributed by atoms with E-state index in [9.17, 15) is 4.79 Å². The molecule has 114 valence electrons. The van der Waals surface area contributed by atoms with Crippen molar-refractivity contribution in [3.8, 4) is 0 Å². The quantitative estimate of drug-likeness (QED) is 0.735. The summed E-state index contributed by atoms with van der Waals surface area (Å²) in [6.45, 7) is 0.936. The number of rotatable bonds is 8. The van der Waals surface area contributed by atoms with Gasteiger partial charge >= 0.3 is 5.97 Å². The largest absolute Gasteiger partial charge is 0.481 e. The van der Waals surface area contributed by atoms with Gasteiger partial charge in [0.2, 0.25) is 0 Å². The van der Waals surface area contributed by atoms with Crippen LogP contribution in [0.25, 0.3) is 11.2 Å². The zero-order valence-corrected chi connectivity index (χ0v) is 12.7. The van der Waals surface area contributed by atoms with Crippen LogP contribution in [0, 0.1) is 0 Å². The Morgan fingerprint density at radius 1 is 1.52 bits per heavy atom. The molecule has 0 aliphatic heterocycles. The van der Waals surface area contributed by atoms with Crippen LogP contribution in [0.1, 0.15) is 0 Å². The van der Waals surface area contributed by atoms with Crippen molar-refractivity contribution < 1.29 is 19.4 Å². The number of methoxy groups -OCH3 is 2. The maximum Gasteiger partial charge on any atom is 0.313 e. The Morgan fingerprint density at radius 3 is 3.00 bits per heavy atom. The van der Waals surface area contributed by atoms with Gasteiger partial charge in [0.15, 0.2) is 10.8 Å². The number of carboxylic acid groups (broad SMARTS) is 1. The fourth-order valence-electron chi connectivity index (χ4n) is 1.92. The van der Waals surface area contributed by atoms with Crippen molar-refractivity contribution in [3.63, 3.8) is 0 Å². The van der Waals surface area contributed by atoms with Gasteiger partial charge in [-0.2, -0.15) is 0 Å². The number of aromatic nitrogens is 3. The van der Waals surface area contributed by atoms with E-state index in [2.05, 4.69) is 9.97 Å². The third-order valence-corrected chi connectivity index (χ3v) is 3.83. The van der Waals surface area contributed by atoms with E-state index in [1.165, 1.54) is 11.8 Å². The molecule has 0 aliphatic carbocycles. The second-order valence-corrected chi connectivity index (χ2v) is 5.29. The highest BCUT2D eigenvalue weighted by Gasteiger charge is 2.17. The average molecular weight is 311 g/mol. The Bertz CT molecular complexity index is 616. The topological polar surface area (TPSA) is 86.5 Å².